The molecule has 4 aromatic rings. The Kier molecular flexibility index (Phi) is 3.98. The largest absolute Gasteiger partial charge is 0.465 e. The van der Waals surface area contributed by atoms with Crippen LogP contribution >= 0.6 is 11.3 Å². The second-order valence-electron chi connectivity index (χ2n) is 6.52. The molecular formula is C22H17N3O2S. The van der Waals surface area contributed by atoms with Crippen molar-refractivity contribution in [3.8, 4) is 5.69 Å². The third kappa shape index (κ3) is 2.61. The summed E-state index contributed by atoms with van der Waals surface area (Å²) in [6.45, 7) is 0. The fraction of sp³-hybridized carbons (Fsp3) is 0.0909. The standard InChI is InChI=1S/C22H17N3O2S/c1-27-22(26)19-13-15-12-16-14-23-25(18-10-6-3-7-11-18)20(16)24(21(15)28-19)17-8-4-2-5-9-17/h2-11,13-14H,12H2,1H3. The lowest BCUT2D eigenvalue weighted by atomic mass is 10.0. The third-order valence-corrected chi connectivity index (χ3v) is 5.94. The fourth-order valence-electron chi connectivity index (χ4n) is 3.55. The Labute approximate surface area is 166 Å². The van der Waals surface area contributed by atoms with E-state index >= 15 is 0 Å². The summed E-state index contributed by atoms with van der Waals surface area (Å²) < 4.78 is 6.90. The van der Waals surface area contributed by atoms with Crippen LogP contribution in [0.3, 0.4) is 0 Å². The summed E-state index contributed by atoms with van der Waals surface area (Å²) in [5.41, 5.74) is 4.25. The van der Waals surface area contributed by atoms with E-state index in [1.807, 2.05) is 65.5 Å². The van der Waals surface area contributed by atoms with Gasteiger partial charge in [0.1, 0.15) is 15.7 Å². The van der Waals surface area contributed by atoms with Crippen LogP contribution in [0.25, 0.3) is 5.69 Å². The SMILES string of the molecule is COC(=O)c1cc2c(s1)N(c1ccccc1)c1c(cnn1-c1ccccc1)C2. The van der Waals surface area contributed by atoms with Gasteiger partial charge in [-0.15, -0.1) is 11.3 Å². The monoisotopic (exact) mass is 387 g/mol. The van der Waals surface area contributed by atoms with Crippen molar-refractivity contribution in [2.75, 3.05) is 12.0 Å². The van der Waals surface area contributed by atoms with E-state index in [0.29, 0.717) is 4.88 Å². The molecule has 0 spiro atoms. The first-order chi connectivity index (χ1) is 13.8. The molecule has 0 amide bonds. The van der Waals surface area contributed by atoms with Crippen molar-refractivity contribution in [3.05, 3.63) is 88.9 Å². The van der Waals surface area contributed by atoms with Gasteiger partial charge in [-0.25, -0.2) is 9.48 Å². The summed E-state index contributed by atoms with van der Waals surface area (Å²) in [6.07, 6.45) is 2.64. The molecule has 2 aromatic heterocycles. The van der Waals surface area contributed by atoms with Crippen LogP contribution in [-0.2, 0) is 11.2 Å². The number of anilines is 3. The van der Waals surface area contributed by atoms with Crippen LogP contribution in [-0.4, -0.2) is 22.9 Å². The van der Waals surface area contributed by atoms with E-state index in [-0.39, 0.29) is 5.97 Å². The molecule has 0 saturated heterocycles. The number of aromatic nitrogens is 2. The second-order valence-corrected chi connectivity index (χ2v) is 7.55. The Bertz CT molecular complexity index is 1150. The molecule has 0 fully saturated rings. The topological polar surface area (TPSA) is 47.4 Å². The Balaban J connectivity index is 1.73. The van der Waals surface area contributed by atoms with Gasteiger partial charge in [-0.05, 0) is 35.9 Å². The molecule has 1 aliphatic heterocycles. The number of hydrogen-bond donors (Lipinski definition) is 0. The van der Waals surface area contributed by atoms with E-state index in [0.717, 1.165) is 39.7 Å². The Hall–Kier alpha value is -3.38. The molecule has 0 radical (unpaired) electrons. The highest BCUT2D eigenvalue weighted by atomic mass is 32.1. The molecule has 1 aliphatic rings. The minimum Gasteiger partial charge on any atom is -0.465 e. The van der Waals surface area contributed by atoms with Crippen LogP contribution < -0.4 is 4.90 Å². The first-order valence-electron chi connectivity index (χ1n) is 8.95. The molecule has 2 aromatic carbocycles. The number of rotatable bonds is 3. The van der Waals surface area contributed by atoms with E-state index in [4.69, 9.17) is 4.74 Å². The van der Waals surface area contributed by atoms with E-state index in [1.165, 1.54) is 18.4 Å². The predicted molar refractivity (Wildman–Crippen MR) is 110 cm³/mol. The van der Waals surface area contributed by atoms with Crippen molar-refractivity contribution in [1.82, 2.24) is 9.78 Å². The maximum absolute atomic E-state index is 12.1. The average molecular weight is 387 g/mol. The van der Waals surface area contributed by atoms with Crippen molar-refractivity contribution in [1.29, 1.82) is 0 Å². The van der Waals surface area contributed by atoms with Crippen LogP contribution in [0, 0.1) is 0 Å². The van der Waals surface area contributed by atoms with E-state index in [9.17, 15) is 4.79 Å². The smallest absolute Gasteiger partial charge is 0.348 e. The van der Waals surface area contributed by atoms with Crippen molar-refractivity contribution >= 4 is 33.8 Å². The maximum atomic E-state index is 12.1. The molecule has 0 N–H and O–H groups in total. The van der Waals surface area contributed by atoms with Crippen molar-refractivity contribution in [2.45, 2.75) is 6.42 Å². The number of nitrogens with zero attached hydrogens (tertiary/aromatic N) is 3. The van der Waals surface area contributed by atoms with Gasteiger partial charge in [0.05, 0.1) is 19.0 Å². The summed E-state index contributed by atoms with van der Waals surface area (Å²) >= 11 is 1.45. The molecule has 138 valence electrons. The number of methoxy groups -OCH3 is 1. The van der Waals surface area contributed by atoms with E-state index in [1.54, 1.807) is 0 Å². The number of thiophene rings is 1. The lowest BCUT2D eigenvalue weighted by Gasteiger charge is -2.30. The minimum atomic E-state index is -0.304. The summed E-state index contributed by atoms with van der Waals surface area (Å²) in [7, 11) is 1.41. The number of carbonyl (C=O) groups excluding carboxylic acids is 1. The molecule has 0 saturated carbocycles. The van der Waals surface area contributed by atoms with Crippen molar-refractivity contribution < 1.29 is 9.53 Å². The molecule has 0 bridgehead atoms. The van der Waals surface area contributed by atoms with Gasteiger partial charge in [-0.1, -0.05) is 36.4 Å². The van der Waals surface area contributed by atoms with Crippen molar-refractivity contribution in [2.24, 2.45) is 0 Å². The third-order valence-electron chi connectivity index (χ3n) is 4.80. The Morgan fingerprint density at radius 1 is 1.00 bits per heavy atom. The number of hydrogen-bond acceptors (Lipinski definition) is 5. The van der Waals surface area contributed by atoms with Gasteiger partial charge in [0.25, 0.3) is 0 Å². The molecule has 5 nitrogen and oxygen atoms in total. The molecule has 5 rings (SSSR count). The van der Waals surface area contributed by atoms with Gasteiger partial charge >= 0.3 is 5.97 Å². The first-order valence-corrected chi connectivity index (χ1v) is 9.76. The number of fused-ring (bicyclic) bond motifs is 2. The van der Waals surface area contributed by atoms with E-state index in [2.05, 4.69) is 22.1 Å². The molecular weight excluding hydrogens is 370 g/mol. The van der Waals surface area contributed by atoms with Gasteiger partial charge in [0.15, 0.2) is 0 Å². The second kappa shape index (κ2) is 6.65. The molecule has 3 heterocycles. The van der Waals surface area contributed by atoms with Gasteiger partial charge in [0, 0.05) is 17.7 Å². The number of esters is 1. The van der Waals surface area contributed by atoms with Gasteiger partial charge in [-0.2, -0.15) is 5.10 Å². The summed E-state index contributed by atoms with van der Waals surface area (Å²) in [5, 5.41) is 5.69. The average Bonchev–Trinajstić information content (AvgIpc) is 3.36. The van der Waals surface area contributed by atoms with Crippen molar-refractivity contribution in [3.63, 3.8) is 0 Å². The predicted octanol–water partition coefficient (Wildman–Crippen LogP) is 5.09. The van der Waals surface area contributed by atoms with E-state index < -0.39 is 0 Å². The van der Waals surface area contributed by atoms with Gasteiger partial charge in [0.2, 0.25) is 0 Å². The van der Waals surface area contributed by atoms with Gasteiger partial charge < -0.3 is 4.74 Å². The molecule has 0 aliphatic carbocycles. The zero-order valence-corrected chi connectivity index (χ0v) is 16.0. The highest BCUT2D eigenvalue weighted by Crippen LogP contribution is 2.48. The number of benzene rings is 2. The quantitative estimate of drug-likeness (QED) is 0.404. The lowest BCUT2D eigenvalue weighted by Crippen LogP contribution is -2.19. The molecule has 0 atom stereocenters. The zero-order valence-electron chi connectivity index (χ0n) is 15.2. The van der Waals surface area contributed by atoms with Crippen LogP contribution in [0.15, 0.2) is 72.9 Å². The number of carbonyl (C=O) groups is 1. The van der Waals surface area contributed by atoms with Crippen LogP contribution in [0.1, 0.15) is 20.8 Å². The normalized spacial score (nSPS) is 12.4. The maximum Gasteiger partial charge on any atom is 0.348 e. The highest BCUT2D eigenvalue weighted by Gasteiger charge is 2.31. The summed E-state index contributed by atoms with van der Waals surface area (Å²) in [5.74, 6) is 0.698. The number of ether oxygens (including phenoxy) is 1. The molecule has 0 unspecified atom stereocenters. The summed E-state index contributed by atoms with van der Waals surface area (Å²) in [6, 6.07) is 22.2. The van der Waals surface area contributed by atoms with Crippen LogP contribution in [0.4, 0.5) is 16.5 Å². The Morgan fingerprint density at radius 2 is 1.68 bits per heavy atom. The number of para-hydroxylation sites is 2. The lowest BCUT2D eigenvalue weighted by molar-refractivity contribution is 0.0606. The highest BCUT2D eigenvalue weighted by molar-refractivity contribution is 7.18. The van der Waals surface area contributed by atoms with Crippen LogP contribution in [0.2, 0.25) is 0 Å². The zero-order chi connectivity index (χ0) is 19.1. The minimum absolute atomic E-state index is 0.304. The molecule has 28 heavy (non-hydrogen) atoms. The fourth-order valence-corrected chi connectivity index (χ4v) is 4.67. The Morgan fingerprint density at radius 3 is 2.36 bits per heavy atom. The summed E-state index contributed by atoms with van der Waals surface area (Å²) in [4.78, 5) is 14.9. The van der Waals surface area contributed by atoms with Crippen LogP contribution in [0.5, 0.6) is 0 Å². The first kappa shape index (κ1) is 16.8. The van der Waals surface area contributed by atoms with Gasteiger partial charge in [-0.3, -0.25) is 4.90 Å². The molecule has 6 heteroatoms.